The van der Waals surface area contributed by atoms with Gasteiger partial charge in [0.15, 0.2) is 0 Å². The number of piperazine rings is 1. The van der Waals surface area contributed by atoms with Crippen LogP contribution in [0.15, 0.2) is 54.1 Å². The maximum Gasteiger partial charge on any atom is 0.259 e. The molecule has 0 saturated carbocycles. The minimum Gasteiger partial charge on any atom is -0.495 e. The summed E-state index contributed by atoms with van der Waals surface area (Å²) >= 11 is 13.4. The lowest BCUT2D eigenvalue weighted by Crippen LogP contribution is -2.45. The fraction of sp³-hybridized carbons (Fsp3) is 0.357. The van der Waals surface area contributed by atoms with Crippen LogP contribution in [0.1, 0.15) is 6.42 Å². The number of allylic oxidation sites excluding steroid dienone is 1. The van der Waals surface area contributed by atoms with Crippen LogP contribution in [0.3, 0.4) is 0 Å². The molecule has 3 aromatic rings. The molecule has 4 rings (SSSR count). The SMILES string of the molecule is C=CC(=C)N1CCN(CCCn2c(=O)c(-c3c(Cl)c(OC)cc(OC)c3Cl)cc3cnc(NC)cc32)CC1. The van der Waals surface area contributed by atoms with Crippen molar-refractivity contribution in [3.63, 3.8) is 0 Å². The zero-order valence-corrected chi connectivity index (χ0v) is 23.5. The molecular formula is C28H33Cl2N5O3. The first-order valence-corrected chi connectivity index (χ1v) is 13.2. The molecule has 0 atom stereocenters. The van der Waals surface area contributed by atoms with E-state index < -0.39 is 0 Å². The molecule has 0 spiro atoms. The number of anilines is 1. The van der Waals surface area contributed by atoms with Crippen LogP contribution in [0.25, 0.3) is 22.0 Å². The van der Waals surface area contributed by atoms with Crippen LogP contribution < -0.4 is 20.3 Å². The van der Waals surface area contributed by atoms with Crippen LogP contribution in [0.5, 0.6) is 11.5 Å². The summed E-state index contributed by atoms with van der Waals surface area (Å²) in [6.07, 6.45) is 4.33. The zero-order chi connectivity index (χ0) is 27.4. The van der Waals surface area contributed by atoms with Crippen molar-refractivity contribution in [1.29, 1.82) is 0 Å². The third-order valence-electron chi connectivity index (χ3n) is 6.95. The van der Waals surface area contributed by atoms with Gasteiger partial charge in [0.2, 0.25) is 0 Å². The number of aromatic nitrogens is 2. The van der Waals surface area contributed by atoms with E-state index in [1.165, 1.54) is 14.2 Å². The molecule has 1 aliphatic heterocycles. The highest BCUT2D eigenvalue weighted by atomic mass is 35.5. The van der Waals surface area contributed by atoms with Crippen LogP contribution in [-0.4, -0.2) is 73.3 Å². The monoisotopic (exact) mass is 557 g/mol. The van der Waals surface area contributed by atoms with Crippen LogP contribution in [0.2, 0.25) is 10.0 Å². The molecule has 3 heterocycles. The molecule has 0 aliphatic carbocycles. The molecule has 0 amide bonds. The van der Waals surface area contributed by atoms with Crippen LogP contribution >= 0.6 is 23.2 Å². The van der Waals surface area contributed by atoms with Crippen molar-refractivity contribution in [3.8, 4) is 22.6 Å². The molecular weight excluding hydrogens is 525 g/mol. The summed E-state index contributed by atoms with van der Waals surface area (Å²) in [5.74, 6) is 1.42. The fourth-order valence-electron chi connectivity index (χ4n) is 4.77. The van der Waals surface area contributed by atoms with Crippen molar-refractivity contribution in [3.05, 3.63) is 69.7 Å². The van der Waals surface area contributed by atoms with Gasteiger partial charge in [-0.05, 0) is 25.1 Å². The van der Waals surface area contributed by atoms with Crippen molar-refractivity contribution in [2.75, 3.05) is 59.3 Å². The molecule has 1 fully saturated rings. The third kappa shape index (κ3) is 5.48. The quantitative estimate of drug-likeness (QED) is 0.346. The van der Waals surface area contributed by atoms with Gasteiger partial charge in [0.25, 0.3) is 5.56 Å². The summed E-state index contributed by atoms with van der Waals surface area (Å²) in [5.41, 5.74) is 2.28. The van der Waals surface area contributed by atoms with Crippen molar-refractivity contribution in [2.45, 2.75) is 13.0 Å². The lowest BCUT2D eigenvalue weighted by molar-refractivity contribution is 0.159. The Hall–Kier alpha value is -3.20. The van der Waals surface area contributed by atoms with Gasteiger partial charge in [-0.3, -0.25) is 9.69 Å². The van der Waals surface area contributed by atoms with Gasteiger partial charge in [0, 0.05) is 74.7 Å². The van der Waals surface area contributed by atoms with Gasteiger partial charge in [-0.2, -0.15) is 0 Å². The number of pyridine rings is 2. The number of ether oxygens (including phenoxy) is 2. The molecule has 10 heteroatoms. The number of fused-ring (bicyclic) bond motifs is 1. The van der Waals surface area contributed by atoms with Gasteiger partial charge in [-0.1, -0.05) is 36.4 Å². The van der Waals surface area contributed by atoms with Crippen molar-refractivity contribution < 1.29 is 9.47 Å². The number of hydrogen-bond acceptors (Lipinski definition) is 7. The summed E-state index contributed by atoms with van der Waals surface area (Å²) in [5, 5.41) is 4.35. The summed E-state index contributed by atoms with van der Waals surface area (Å²) in [7, 11) is 4.81. The summed E-state index contributed by atoms with van der Waals surface area (Å²) < 4.78 is 12.6. The Balaban J connectivity index is 1.70. The predicted octanol–water partition coefficient (Wildman–Crippen LogP) is 5.14. The van der Waals surface area contributed by atoms with Gasteiger partial charge in [0.05, 0.1) is 35.3 Å². The molecule has 2 aromatic heterocycles. The van der Waals surface area contributed by atoms with E-state index in [4.69, 9.17) is 32.7 Å². The highest BCUT2D eigenvalue weighted by Gasteiger charge is 2.23. The van der Waals surface area contributed by atoms with Crippen LogP contribution in [-0.2, 0) is 6.54 Å². The molecule has 8 nitrogen and oxygen atoms in total. The number of benzene rings is 1. The number of hydrogen-bond donors (Lipinski definition) is 1. The Bertz CT molecular complexity index is 1390. The first-order chi connectivity index (χ1) is 18.3. The molecule has 0 radical (unpaired) electrons. The van der Waals surface area contributed by atoms with Gasteiger partial charge in [-0.25, -0.2) is 4.98 Å². The minimum absolute atomic E-state index is 0.197. The van der Waals surface area contributed by atoms with E-state index >= 15 is 0 Å². The summed E-state index contributed by atoms with van der Waals surface area (Å²) in [6.45, 7) is 12.9. The Morgan fingerprint density at radius 3 is 2.32 bits per heavy atom. The molecule has 0 unspecified atom stereocenters. The summed E-state index contributed by atoms with van der Waals surface area (Å²) in [4.78, 5) is 23.1. The second kappa shape index (κ2) is 12.1. The van der Waals surface area contributed by atoms with Gasteiger partial charge < -0.3 is 24.3 Å². The number of aryl methyl sites for hydroxylation is 1. The van der Waals surface area contributed by atoms with E-state index in [0.717, 1.165) is 55.7 Å². The van der Waals surface area contributed by atoms with E-state index in [2.05, 4.69) is 33.3 Å². The first kappa shape index (κ1) is 27.8. The Morgan fingerprint density at radius 1 is 1.08 bits per heavy atom. The topological polar surface area (TPSA) is 71.9 Å². The molecule has 202 valence electrons. The predicted molar refractivity (Wildman–Crippen MR) is 156 cm³/mol. The number of halogens is 2. The van der Waals surface area contributed by atoms with Crippen molar-refractivity contribution in [1.82, 2.24) is 19.4 Å². The lowest BCUT2D eigenvalue weighted by Gasteiger charge is -2.36. The van der Waals surface area contributed by atoms with E-state index in [-0.39, 0.29) is 15.6 Å². The standard InChI is InChI=1S/C28H33Cl2N5O3/c1-6-18(2)34-12-10-33(11-13-34)8-7-9-35-21-15-24(31-3)32-17-19(21)14-20(28(35)36)25-26(29)22(37-4)16-23(38-5)27(25)30/h6,14-17H,1-2,7-13H2,3-5H3,(H,31,32). The third-order valence-corrected chi connectivity index (χ3v) is 7.70. The Morgan fingerprint density at radius 2 is 1.74 bits per heavy atom. The average molecular weight is 559 g/mol. The lowest BCUT2D eigenvalue weighted by atomic mass is 10.0. The van der Waals surface area contributed by atoms with Crippen molar-refractivity contribution >= 4 is 39.9 Å². The van der Waals surface area contributed by atoms with Crippen LogP contribution in [0, 0.1) is 0 Å². The van der Waals surface area contributed by atoms with E-state index in [1.807, 2.05) is 6.07 Å². The maximum absolute atomic E-state index is 14.0. The van der Waals surface area contributed by atoms with E-state index in [0.29, 0.717) is 35.0 Å². The average Bonchev–Trinajstić information content (AvgIpc) is 2.94. The van der Waals surface area contributed by atoms with E-state index in [1.54, 1.807) is 36.0 Å². The Kier molecular flexibility index (Phi) is 8.87. The minimum atomic E-state index is -0.197. The van der Waals surface area contributed by atoms with Crippen molar-refractivity contribution in [2.24, 2.45) is 0 Å². The molecule has 0 bridgehead atoms. The second-order valence-corrected chi connectivity index (χ2v) is 9.81. The molecule has 38 heavy (non-hydrogen) atoms. The fourth-order valence-corrected chi connectivity index (χ4v) is 5.48. The number of nitrogens with one attached hydrogen (secondary N) is 1. The normalized spacial score (nSPS) is 14.0. The van der Waals surface area contributed by atoms with Crippen LogP contribution in [0.4, 0.5) is 5.82 Å². The molecule has 1 aromatic carbocycles. The largest absolute Gasteiger partial charge is 0.495 e. The molecule has 1 N–H and O–H groups in total. The van der Waals surface area contributed by atoms with Gasteiger partial charge >= 0.3 is 0 Å². The number of nitrogens with zero attached hydrogens (tertiary/aromatic N) is 4. The number of rotatable bonds is 10. The maximum atomic E-state index is 14.0. The Labute approximate surface area is 233 Å². The van der Waals surface area contributed by atoms with Gasteiger partial charge in [0.1, 0.15) is 17.3 Å². The molecule has 1 saturated heterocycles. The zero-order valence-electron chi connectivity index (χ0n) is 22.0. The number of methoxy groups -OCH3 is 2. The smallest absolute Gasteiger partial charge is 0.259 e. The second-order valence-electron chi connectivity index (χ2n) is 9.05. The highest BCUT2D eigenvalue weighted by Crippen LogP contribution is 2.45. The van der Waals surface area contributed by atoms with Gasteiger partial charge in [-0.15, -0.1) is 0 Å². The molecule has 1 aliphatic rings. The first-order valence-electron chi connectivity index (χ1n) is 12.4. The van der Waals surface area contributed by atoms with E-state index in [9.17, 15) is 4.79 Å². The highest BCUT2D eigenvalue weighted by molar-refractivity contribution is 6.41. The summed E-state index contributed by atoms with van der Waals surface area (Å²) in [6, 6.07) is 5.27.